The number of amides is 2. The average Bonchev–Trinajstić information content (AvgIpc) is 3.30. The highest BCUT2D eigenvalue weighted by Crippen LogP contribution is 2.20. The second-order valence-corrected chi connectivity index (χ2v) is 7.91. The number of benzene rings is 3. The second-order valence-electron chi connectivity index (χ2n) is 7.91. The molecular weight excluding hydrogens is 463 g/mol. The van der Waals surface area contributed by atoms with Crippen molar-refractivity contribution in [1.82, 2.24) is 10.3 Å². The minimum atomic E-state index is -1.12. The van der Waals surface area contributed by atoms with Crippen molar-refractivity contribution < 1.29 is 23.5 Å². The quantitative estimate of drug-likeness (QED) is 0.329. The maximum Gasteiger partial charge on any atom is 0.329 e. The second kappa shape index (κ2) is 11.0. The molecule has 36 heavy (non-hydrogen) atoms. The highest BCUT2D eigenvalue weighted by atomic mass is 19.1. The summed E-state index contributed by atoms with van der Waals surface area (Å²) in [5.41, 5.74) is 2.35. The van der Waals surface area contributed by atoms with Crippen LogP contribution >= 0.6 is 0 Å². The van der Waals surface area contributed by atoms with Gasteiger partial charge in [0.05, 0.1) is 11.3 Å². The van der Waals surface area contributed by atoms with Crippen LogP contribution in [0.5, 0.6) is 0 Å². The SMILES string of the molecule is N#Cc1ccccc1NC(=O)COC(=O)C(Cc1c[nH]c2ccccc12)NC(=O)c1ccc(F)cc1. The molecular formula is C27H21FN4O4. The van der Waals surface area contributed by atoms with Crippen molar-refractivity contribution in [3.63, 3.8) is 0 Å². The van der Waals surface area contributed by atoms with Crippen LogP contribution in [0.25, 0.3) is 10.9 Å². The van der Waals surface area contributed by atoms with Gasteiger partial charge in [-0.1, -0.05) is 30.3 Å². The number of anilines is 1. The normalized spacial score (nSPS) is 11.3. The smallest absolute Gasteiger partial charge is 0.329 e. The molecule has 8 nitrogen and oxygen atoms in total. The minimum absolute atomic E-state index is 0.0919. The van der Waals surface area contributed by atoms with Crippen molar-refractivity contribution in [2.24, 2.45) is 0 Å². The number of esters is 1. The molecule has 4 rings (SSSR count). The largest absolute Gasteiger partial charge is 0.454 e. The molecule has 0 aliphatic heterocycles. The van der Waals surface area contributed by atoms with Gasteiger partial charge in [-0.25, -0.2) is 9.18 Å². The lowest BCUT2D eigenvalue weighted by Crippen LogP contribution is -2.44. The molecule has 0 saturated heterocycles. The molecule has 0 aliphatic rings. The first-order valence-corrected chi connectivity index (χ1v) is 11.0. The highest BCUT2D eigenvalue weighted by molar-refractivity contribution is 5.98. The standard InChI is InChI=1S/C27H21FN4O4/c28-20-11-9-17(10-12-20)26(34)32-24(13-19-15-30-23-8-4-2-6-21(19)23)27(35)36-16-25(33)31-22-7-3-1-5-18(22)14-29/h1-12,15,24,30H,13,16H2,(H,31,33)(H,32,34). The summed E-state index contributed by atoms with van der Waals surface area (Å²) in [7, 11) is 0. The molecule has 0 radical (unpaired) electrons. The van der Waals surface area contributed by atoms with Gasteiger partial charge in [-0.3, -0.25) is 9.59 Å². The Balaban J connectivity index is 1.48. The van der Waals surface area contributed by atoms with Gasteiger partial charge in [0.15, 0.2) is 6.61 Å². The Morgan fingerprint density at radius 3 is 2.50 bits per heavy atom. The zero-order chi connectivity index (χ0) is 25.5. The maximum atomic E-state index is 13.3. The number of carbonyl (C=O) groups is 3. The van der Waals surface area contributed by atoms with E-state index in [1.54, 1.807) is 30.5 Å². The summed E-state index contributed by atoms with van der Waals surface area (Å²) >= 11 is 0. The summed E-state index contributed by atoms with van der Waals surface area (Å²) in [4.78, 5) is 41.2. The molecule has 1 unspecified atom stereocenters. The van der Waals surface area contributed by atoms with E-state index in [1.807, 2.05) is 30.3 Å². The van der Waals surface area contributed by atoms with E-state index in [9.17, 15) is 18.8 Å². The van der Waals surface area contributed by atoms with Crippen molar-refractivity contribution in [2.45, 2.75) is 12.5 Å². The topological polar surface area (TPSA) is 124 Å². The molecule has 0 spiro atoms. The van der Waals surface area contributed by atoms with Gasteiger partial charge in [0, 0.05) is 29.1 Å². The Hall–Kier alpha value is -4.97. The van der Waals surface area contributed by atoms with Gasteiger partial charge in [-0.15, -0.1) is 0 Å². The predicted octanol–water partition coefficient (Wildman–Crippen LogP) is 3.70. The number of nitrogens with zero attached hydrogens (tertiary/aromatic N) is 1. The van der Waals surface area contributed by atoms with Crippen molar-refractivity contribution in [3.05, 3.63) is 102 Å². The van der Waals surface area contributed by atoms with E-state index >= 15 is 0 Å². The van der Waals surface area contributed by atoms with Crippen LogP contribution < -0.4 is 10.6 Å². The molecule has 1 aromatic heterocycles. The fraction of sp³-hybridized carbons (Fsp3) is 0.111. The van der Waals surface area contributed by atoms with E-state index in [4.69, 9.17) is 10.00 Å². The third kappa shape index (κ3) is 5.74. The van der Waals surface area contributed by atoms with Crippen molar-refractivity contribution in [2.75, 3.05) is 11.9 Å². The molecule has 0 aliphatic carbocycles. The van der Waals surface area contributed by atoms with Crippen molar-refractivity contribution in [1.29, 1.82) is 5.26 Å². The summed E-state index contributed by atoms with van der Waals surface area (Å²) < 4.78 is 18.5. The van der Waals surface area contributed by atoms with E-state index in [0.29, 0.717) is 5.69 Å². The fourth-order valence-corrected chi connectivity index (χ4v) is 3.67. The summed E-state index contributed by atoms with van der Waals surface area (Å²) in [6.07, 6.45) is 1.83. The third-order valence-corrected chi connectivity index (χ3v) is 5.46. The molecule has 1 atom stereocenters. The zero-order valence-electron chi connectivity index (χ0n) is 19.0. The van der Waals surface area contributed by atoms with Gasteiger partial charge in [-0.2, -0.15) is 5.26 Å². The summed E-state index contributed by atoms with van der Waals surface area (Å²) in [5.74, 6) is -2.55. The maximum absolute atomic E-state index is 13.3. The van der Waals surface area contributed by atoms with Crippen LogP contribution in [-0.4, -0.2) is 35.4 Å². The lowest BCUT2D eigenvalue weighted by Gasteiger charge is -2.18. The molecule has 4 aromatic rings. The summed E-state index contributed by atoms with van der Waals surface area (Å²) in [6, 6.07) is 19.6. The molecule has 0 fully saturated rings. The Kier molecular flexibility index (Phi) is 7.36. The van der Waals surface area contributed by atoms with Gasteiger partial charge in [0.1, 0.15) is 17.9 Å². The van der Waals surface area contributed by atoms with Gasteiger partial charge in [0.25, 0.3) is 11.8 Å². The van der Waals surface area contributed by atoms with Crippen LogP contribution in [0, 0.1) is 17.1 Å². The number of hydrogen-bond donors (Lipinski definition) is 3. The van der Waals surface area contributed by atoms with Gasteiger partial charge < -0.3 is 20.4 Å². The number of fused-ring (bicyclic) bond motifs is 1. The van der Waals surface area contributed by atoms with Crippen LogP contribution in [0.4, 0.5) is 10.1 Å². The molecule has 9 heteroatoms. The van der Waals surface area contributed by atoms with Gasteiger partial charge in [-0.05, 0) is 48.0 Å². The molecule has 3 aromatic carbocycles. The predicted molar refractivity (Wildman–Crippen MR) is 130 cm³/mol. The number of H-pyrrole nitrogens is 1. The number of aromatic nitrogens is 1. The van der Waals surface area contributed by atoms with E-state index in [2.05, 4.69) is 15.6 Å². The lowest BCUT2D eigenvalue weighted by molar-refractivity contribution is -0.149. The number of rotatable bonds is 8. The number of hydrogen-bond acceptors (Lipinski definition) is 5. The van der Waals surface area contributed by atoms with Crippen molar-refractivity contribution in [3.8, 4) is 6.07 Å². The van der Waals surface area contributed by atoms with E-state index in [-0.39, 0.29) is 17.5 Å². The first-order valence-electron chi connectivity index (χ1n) is 11.0. The summed E-state index contributed by atoms with van der Waals surface area (Å²) in [6.45, 7) is -0.616. The molecule has 1 heterocycles. The first kappa shape index (κ1) is 24.2. The molecule has 3 N–H and O–H groups in total. The Morgan fingerprint density at radius 1 is 1.00 bits per heavy atom. The van der Waals surface area contributed by atoms with Crippen LogP contribution in [0.3, 0.4) is 0 Å². The van der Waals surface area contributed by atoms with E-state index < -0.39 is 36.2 Å². The molecule has 2 amide bonds. The number of ether oxygens (including phenoxy) is 1. The zero-order valence-corrected chi connectivity index (χ0v) is 19.0. The van der Waals surface area contributed by atoms with Crippen LogP contribution in [-0.2, 0) is 20.7 Å². The van der Waals surface area contributed by atoms with Crippen LogP contribution in [0.2, 0.25) is 0 Å². The Bertz CT molecular complexity index is 1460. The monoisotopic (exact) mass is 484 g/mol. The number of nitrogens with one attached hydrogen (secondary N) is 3. The number of carbonyl (C=O) groups excluding carboxylic acids is 3. The molecule has 0 saturated carbocycles. The lowest BCUT2D eigenvalue weighted by atomic mass is 10.0. The number of halogens is 1. The minimum Gasteiger partial charge on any atom is -0.454 e. The third-order valence-electron chi connectivity index (χ3n) is 5.46. The molecule has 180 valence electrons. The van der Waals surface area contributed by atoms with Crippen molar-refractivity contribution >= 4 is 34.4 Å². The fourth-order valence-electron chi connectivity index (χ4n) is 3.67. The van der Waals surface area contributed by atoms with Crippen LogP contribution in [0.15, 0.2) is 79.0 Å². The first-order chi connectivity index (χ1) is 17.4. The number of nitriles is 1. The molecule has 0 bridgehead atoms. The van der Waals surface area contributed by atoms with Gasteiger partial charge in [0.2, 0.25) is 0 Å². The Morgan fingerprint density at radius 2 is 1.72 bits per heavy atom. The number of para-hydroxylation sites is 2. The summed E-state index contributed by atoms with van der Waals surface area (Å²) in [5, 5.41) is 15.2. The average molecular weight is 484 g/mol. The number of aromatic amines is 1. The van der Waals surface area contributed by atoms with E-state index in [0.717, 1.165) is 28.6 Å². The van der Waals surface area contributed by atoms with Gasteiger partial charge >= 0.3 is 5.97 Å². The van der Waals surface area contributed by atoms with E-state index in [1.165, 1.54) is 12.1 Å². The highest BCUT2D eigenvalue weighted by Gasteiger charge is 2.25. The van der Waals surface area contributed by atoms with Crippen LogP contribution in [0.1, 0.15) is 21.5 Å². The Labute approximate surface area is 205 Å².